The van der Waals surface area contributed by atoms with Gasteiger partial charge in [-0.3, -0.25) is 4.90 Å². The van der Waals surface area contributed by atoms with Crippen LogP contribution in [0.3, 0.4) is 0 Å². The van der Waals surface area contributed by atoms with Gasteiger partial charge in [-0.15, -0.1) is 0 Å². The van der Waals surface area contributed by atoms with Gasteiger partial charge >= 0.3 is 0 Å². The van der Waals surface area contributed by atoms with Crippen LogP contribution < -0.4 is 10.5 Å². The van der Waals surface area contributed by atoms with Crippen molar-refractivity contribution in [3.05, 3.63) is 24.3 Å². The number of ether oxygens (including phenoxy) is 1. The van der Waals surface area contributed by atoms with Crippen molar-refractivity contribution in [3.8, 4) is 11.8 Å². The molecule has 0 unspecified atom stereocenters. The Morgan fingerprint density at radius 2 is 2.00 bits per heavy atom. The van der Waals surface area contributed by atoms with Crippen molar-refractivity contribution in [2.45, 2.75) is 13.3 Å². The molecule has 17 heavy (non-hydrogen) atoms. The number of hydrogen-bond donors (Lipinski definition) is 1. The summed E-state index contributed by atoms with van der Waals surface area (Å²) in [6.45, 7) is 5.29. The first-order valence-electron chi connectivity index (χ1n) is 5.84. The number of nitrogens with zero attached hydrogens (tertiary/aromatic N) is 2. The summed E-state index contributed by atoms with van der Waals surface area (Å²) in [7, 11) is 0. The van der Waals surface area contributed by atoms with Gasteiger partial charge in [-0.25, -0.2) is 0 Å². The van der Waals surface area contributed by atoms with Crippen molar-refractivity contribution in [2.24, 2.45) is 0 Å². The highest BCUT2D eigenvalue weighted by Crippen LogP contribution is 2.12. The summed E-state index contributed by atoms with van der Waals surface area (Å²) in [6.07, 6.45) is 0.565. The third kappa shape index (κ3) is 5.23. The Bertz CT molecular complexity index is 356. The fourth-order valence-electron chi connectivity index (χ4n) is 1.49. The van der Waals surface area contributed by atoms with Gasteiger partial charge in [0.25, 0.3) is 0 Å². The van der Waals surface area contributed by atoms with Crippen LogP contribution in [0.5, 0.6) is 5.75 Å². The normalized spacial score (nSPS) is 10.2. The summed E-state index contributed by atoms with van der Waals surface area (Å²) in [6, 6.07) is 9.52. The van der Waals surface area contributed by atoms with E-state index in [4.69, 9.17) is 15.7 Å². The topological polar surface area (TPSA) is 62.3 Å². The van der Waals surface area contributed by atoms with E-state index in [2.05, 4.69) is 17.9 Å². The summed E-state index contributed by atoms with van der Waals surface area (Å²) in [4.78, 5) is 2.19. The molecule has 92 valence electrons. The number of nitriles is 1. The Hall–Kier alpha value is -1.73. The predicted molar refractivity (Wildman–Crippen MR) is 68.7 cm³/mol. The highest BCUT2D eigenvalue weighted by molar-refractivity contribution is 5.41. The van der Waals surface area contributed by atoms with Crippen molar-refractivity contribution >= 4 is 5.69 Å². The molecule has 0 atom stereocenters. The fraction of sp³-hybridized carbons (Fsp3) is 0.462. The van der Waals surface area contributed by atoms with Crippen molar-refractivity contribution in [1.29, 1.82) is 5.26 Å². The maximum Gasteiger partial charge on any atom is 0.119 e. The molecule has 4 heteroatoms. The van der Waals surface area contributed by atoms with Crippen LogP contribution in [0.1, 0.15) is 13.3 Å². The van der Waals surface area contributed by atoms with E-state index in [1.165, 1.54) is 0 Å². The standard InChI is InChI=1S/C13H19N3O/c1-2-16(9-3-8-14)10-11-17-13-6-4-12(15)5-7-13/h4-7H,2-3,9-11,15H2,1H3. The molecule has 0 amide bonds. The molecule has 1 aromatic carbocycles. The van der Waals surface area contributed by atoms with Crippen molar-refractivity contribution in [3.63, 3.8) is 0 Å². The SMILES string of the molecule is CCN(CCC#N)CCOc1ccc(N)cc1. The molecule has 1 aromatic rings. The summed E-state index contributed by atoms with van der Waals surface area (Å²) in [5.74, 6) is 0.829. The van der Waals surface area contributed by atoms with E-state index < -0.39 is 0 Å². The van der Waals surface area contributed by atoms with Crippen LogP contribution in [-0.4, -0.2) is 31.1 Å². The van der Waals surface area contributed by atoms with Gasteiger partial charge in [0.15, 0.2) is 0 Å². The molecule has 1 rings (SSSR count). The average Bonchev–Trinajstić information content (AvgIpc) is 2.36. The van der Waals surface area contributed by atoms with E-state index in [9.17, 15) is 0 Å². The lowest BCUT2D eigenvalue weighted by molar-refractivity contribution is 0.218. The van der Waals surface area contributed by atoms with E-state index in [1.54, 1.807) is 0 Å². The van der Waals surface area contributed by atoms with Crippen LogP contribution in [0, 0.1) is 11.3 Å². The number of hydrogen-bond acceptors (Lipinski definition) is 4. The summed E-state index contributed by atoms with van der Waals surface area (Å²) < 4.78 is 5.59. The van der Waals surface area contributed by atoms with Gasteiger partial charge in [-0.1, -0.05) is 6.92 Å². The molecule has 0 radical (unpaired) electrons. The number of rotatable bonds is 7. The molecule has 0 aliphatic rings. The predicted octanol–water partition coefficient (Wildman–Crippen LogP) is 1.88. The maximum absolute atomic E-state index is 8.52. The summed E-state index contributed by atoms with van der Waals surface area (Å²) in [5, 5.41) is 8.52. The van der Waals surface area contributed by atoms with Gasteiger partial charge in [-0.05, 0) is 30.8 Å². The van der Waals surface area contributed by atoms with Crippen LogP contribution in [0.25, 0.3) is 0 Å². The van der Waals surface area contributed by atoms with Crippen LogP contribution in [0.4, 0.5) is 5.69 Å². The number of anilines is 1. The molecular formula is C13H19N3O. The van der Waals surface area contributed by atoms with Gasteiger partial charge in [0.2, 0.25) is 0 Å². The van der Waals surface area contributed by atoms with Gasteiger partial charge < -0.3 is 10.5 Å². The highest BCUT2D eigenvalue weighted by Gasteiger charge is 2.01. The molecule has 0 aromatic heterocycles. The lowest BCUT2D eigenvalue weighted by Crippen LogP contribution is -2.29. The van der Waals surface area contributed by atoms with Gasteiger partial charge in [0, 0.05) is 25.2 Å². The zero-order valence-electron chi connectivity index (χ0n) is 10.2. The zero-order valence-corrected chi connectivity index (χ0v) is 10.2. The minimum Gasteiger partial charge on any atom is -0.492 e. The van der Waals surface area contributed by atoms with Crippen LogP contribution in [0.15, 0.2) is 24.3 Å². The Morgan fingerprint density at radius 1 is 1.29 bits per heavy atom. The van der Waals surface area contributed by atoms with E-state index in [0.717, 1.165) is 31.1 Å². The monoisotopic (exact) mass is 233 g/mol. The molecule has 0 spiro atoms. The van der Waals surface area contributed by atoms with E-state index in [0.29, 0.717) is 13.0 Å². The molecule has 0 bridgehead atoms. The lowest BCUT2D eigenvalue weighted by atomic mass is 10.3. The third-order valence-corrected chi connectivity index (χ3v) is 2.54. The molecular weight excluding hydrogens is 214 g/mol. The molecule has 0 aliphatic carbocycles. The fourth-order valence-corrected chi connectivity index (χ4v) is 1.49. The Balaban J connectivity index is 2.26. The van der Waals surface area contributed by atoms with Crippen molar-refractivity contribution in [2.75, 3.05) is 32.0 Å². The Kier molecular flexibility index (Phi) is 5.91. The number of likely N-dealkylation sites (N-methyl/N-ethyl adjacent to an activating group) is 1. The van der Waals surface area contributed by atoms with E-state index >= 15 is 0 Å². The highest BCUT2D eigenvalue weighted by atomic mass is 16.5. The summed E-state index contributed by atoms with van der Waals surface area (Å²) in [5.41, 5.74) is 6.32. The molecule has 0 saturated carbocycles. The van der Waals surface area contributed by atoms with E-state index in [1.807, 2.05) is 24.3 Å². The molecule has 2 N–H and O–H groups in total. The minimum absolute atomic E-state index is 0.565. The first kappa shape index (κ1) is 13.3. The van der Waals surface area contributed by atoms with Gasteiger partial charge in [-0.2, -0.15) is 5.26 Å². The zero-order chi connectivity index (χ0) is 12.5. The Labute approximate surface area is 103 Å². The third-order valence-electron chi connectivity index (χ3n) is 2.54. The van der Waals surface area contributed by atoms with Crippen LogP contribution >= 0.6 is 0 Å². The minimum atomic E-state index is 0.565. The number of nitrogen functional groups attached to an aromatic ring is 1. The van der Waals surface area contributed by atoms with Crippen molar-refractivity contribution < 1.29 is 4.74 Å². The first-order valence-corrected chi connectivity index (χ1v) is 5.84. The molecule has 0 fully saturated rings. The van der Waals surface area contributed by atoms with Crippen molar-refractivity contribution in [1.82, 2.24) is 4.90 Å². The molecule has 4 nitrogen and oxygen atoms in total. The largest absolute Gasteiger partial charge is 0.492 e. The van der Waals surface area contributed by atoms with Crippen LogP contribution in [-0.2, 0) is 0 Å². The summed E-state index contributed by atoms with van der Waals surface area (Å²) >= 11 is 0. The number of benzene rings is 1. The molecule has 0 saturated heterocycles. The smallest absolute Gasteiger partial charge is 0.119 e. The van der Waals surface area contributed by atoms with Gasteiger partial charge in [0.05, 0.1) is 6.07 Å². The second-order valence-electron chi connectivity index (χ2n) is 3.76. The second-order valence-corrected chi connectivity index (χ2v) is 3.76. The van der Waals surface area contributed by atoms with Crippen LogP contribution in [0.2, 0.25) is 0 Å². The van der Waals surface area contributed by atoms with Gasteiger partial charge in [0.1, 0.15) is 12.4 Å². The molecule has 0 heterocycles. The first-order chi connectivity index (χ1) is 8.26. The number of nitrogens with two attached hydrogens (primary N) is 1. The maximum atomic E-state index is 8.52. The van der Waals surface area contributed by atoms with E-state index in [-0.39, 0.29) is 0 Å². The Morgan fingerprint density at radius 3 is 2.59 bits per heavy atom. The second kappa shape index (κ2) is 7.53. The average molecular weight is 233 g/mol. The quantitative estimate of drug-likeness (QED) is 0.730. The molecule has 0 aliphatic heterocycles. The lowest BCUT2D eigenvalue weighted by Gasteiger charge is -2.18.